The van der Waals surface area contributed by atoms with Crippen LogP contribution in [0.4, 0.5) is 11.4 Å². The molecule has 0 unspecified atom stereocenters. The minimum Gasteiger partial charge on any atom is -0.315 e. The van der Waals surface area contributed by atoms with Crippen LogP contribution in [-0.4, -0.2) is 0 Å². The van der Waals surface area contributed by atoms with Gasteiger partial charge in [-0.05, 0) is 24.3 Å². The third kappa shape index (κ3) is 1.34. The van der Waals surface area contributed by atoms with Gasteiger partial charge in [-0.3, -0.25) is 0 Å². The molecular formula is C14H11NS. The highest BCUT2D eigenvalue weighted by atomic mass is 32.2. The Balaban J connectivity index is 2.23. The molecule has 0 atom stereocenters. The summed E-state index contributed by atoms with van der Waals surface area (Å²) in [5.41, 5.74) is 2.42. The Morgan fingerprint density at radius 2 is 1.38 bits per heavy atom. The van der Waals surface area contributed by atoms with Crippen molar-refractivity contribution < 1.29 is 0 Å². The van der Waals surface area contributed by atoms with E-state index < -0.39 is 0 Å². The van der Waals surface area contributed by atoms with Crippen LogP contribution in [0.25, 0.3) is 0 Å². The summed E-state index contributed by atoms with van der Waals surface area (Å²) in [5, 5.41) is 0. The molecule has 0 saturated carbocycles. The molecule has 1 heterocycles. The molecule has 1 nitrogen and oxygen atoms in total. The molecule has 0 spiro atoms. The van der Waals surface area contributed by atoms with Crippen molar-refractivity contribution in [2.24, 2.45) is 0 Å². The number of nitrogens with zero attached hydrogens (tertiary/aromatic N) is 1. The average molecular weight is 225 g/mol. The summed E-state index contributed by atoms with van der Waals surface area (Å²) in [4.78, 5) is 4.70. The van der Waals surface area contributed by atoms with Gasteiger partial charge in [0.1, 0.15) is 0 Å². The maximum absolute atomic E-state index is 3.90. The van der Waals surface area contributed by atoms with E-state index in [1.165, 1.54) is 21.2 Å². The van der Waals surface area contributed by atoms with Gasteiger partial charge in [-0.2, -0.15) is 0 Å². The molecule has 3 rings (SSSR count). The Labute approximate surface area is 99.4 Å². The molecule has 1 aliphatic rings. The highest BCUT2D eigenvalue weighted by Crippen LogP contribution is 2.47. The minimum absolute atomic E-state index is 1.21. The molecule has 0 aliphatic carbocycles. The van der Waals surface area contributed by atoms with Crippen molar-refractivity contribution in [3.8, 4) is 0 Å². The zero-order valence-electron chi connectivity index (χ0n) is 8.76. The van der Waals surface area contributed by atoms with E-state index in [0.29, 0.717) is 0 Å². The van der Waals surface area contributed by atoms with Crippen molar-refractivity contribution in [1.29, 1.82) is 0 Å². The zero-order chi connectivity index (χ0) is 11.0. The van der Waals surface area contributed by atoms with Crippen LogP contribution >= 0.6 is 11.8 Å². The summed E-state index contributed by atoms with van der Waals surface area (Å²) in [6.45, 7) is 3.90. The van der Waals surface area contributed by atoms with Crippen molar-refractivity contribution in [2.45, 2.75) is 9.79 Å². The Morgan fingerprint density at radius 3 is 1.88 bits per heavy atom. The number of benzene rings is 2. The number of hydrogen-bond acceptors (Lipinski definition) is 2. The highest BCUT2D eigenvalue weighted by molar-refractivity contribution is 7.99. The van der Waals surface area contributed by atoms with Crippen LogP contribution in [0.1, 0.15) is 0 Å². The summed E-state index contributed by atoms with van der Waals surface area (Å²) >= 11 is 1.81. The van der Waals surface area contributed by atoms with Crippen molar-refractivity contribution in [3.05, 3.63) is 61.3 Å². The molecule has 0 amide bonds. The topological polar surface area (TPSA) is 3.24 Å². The molecule has 2 aromatic rings. The molecule has 0 fully saturated rings. The lowest BCUT2D eigenvalue weighted by molar-refractivity contribution is 1.16. The first-order valence-electron chi connectivity index (χ1n) is 5.18. The molecular weight excluding hydrogens is 214 g/mol. The van der Waals surface area contributed by atoms with Gasteiger partial charge in [-0.15, -0.1) is 0 Å². The predicted octanol–water partition coefficient (Wildman–Crippen LogP) is 4.43. The van der Waals surface area contributed by atoms with Crippen LogP contribution in [0.3, 0.4) is 0 Å². The number of fused-ring (bicyclic) bond motifs is 2. The van der Waals surface area contributed by atoms with E-state index in [-0.39, 0.29) is 0 Å². The monoisotopic (exact) mass is 225 g/mol. The van der Waals surface area contributed by atoms with E-state index in [1.807, 2.05) is 18.0 Å². The molecule has 78 valence electrons. The van der Waals surface area contributed by atoms with Gasteiger partial charge in [-0.25, -0.2) is 0 Å². The summed E-state index contributed by atoms with van der Waals surface area (Å²) in [5.74, 6) is 0. The van der Waals surface area contributed by atoms with Gasteiger partial charge in [0.25, 0.3) is 0 Å². The lowest BCUT2D eigenvalue weighted by Gasteiger charge is -2.29. The number of hydrogen-bond donors (Lipinski definition) is 0. The molecule has 0 saturated heterocycles. The smallest absolute Gasteiger partial charge is 0.0595 e. The maximum Gasteiger partial charge on any atom is 0.0595 e. The molecule has 2 aromatic carbocycles. The van der Waals surface area contributed by atoms with Gasteiger partial charge in [-0.1, -0.05) is 42.6 Å². The van der Waals surface area contributed by atoms with Gasteiger partial charge in [0.05, 0.1) is 11.4 Å². The standard InChI is InChI=1S/C14H11NS/c1-2-15-11-7-3-5-9-13(11)16-14-10-6-4-8-12(14)15/h2-10H,1H2. The van der Waals surface area contributed by atoms with Crippen molar-refractivity contribution in [1.82, 2.24) is 0 Å². The third-order valence-corrected chi connectivity index (χ3v) is 3.78. The van der Waals surface area contributed by atoms with Gasteiger partial charge >= 0.3 is 0 Å². The maximum atomic E-state index is 3.90. The van der Waals surface area contributed by atoms with Gasteiger partial charge in [0.15, 0.2) is 0 Å². The normalized spacial score (nSPS) is 12.9. The lowest BCUT2D eigenvalue weighted by Crippen LogP contribution is -2.12. The fourth-order valence-electron chi connectivity index (χ4n) is 1.93. The third-order valence-electron chi connectivity index (χ3n) is 2.65. The number of para-hydroxylation sites is 2. The van der Waals surface area contributed by atoms with E-state index in [9.17, 15) is 0 Å². The first-order chi connectivity index (χ1) is 7.90. The molecule has 0 N–H and O–H groups in total. The van der Waals surface area contributed by atoms with Crippen LogP contribution in [0.5, 0.6) is 0 Å². The molecule has 0 radical (unpaired) electrons. The summed E-state index contributed by atoms with van der Waals surface area (Å²) in [6.07, 6.45) is 1.87. The Kier molecular flexibility index (Phi) is 2.22. The van der Waals surface area contributed by atoms with Crippen molar-refractivity contribution >= 4 is 23.1 Å². The van der Waals surface area contributed by atoms with Crippen LogP contribution < -0.4 is 4.90 Å². The van der Waals surface area contributed by atoms with E-state index in [4.69, 9.17) is 0 Å². The van der Waals surface area contributed by atoms with Crippen LogP contribution in [0.2, 0.25) is 0 Å². The second kappa shape index (κ2) is 3.72. The first kappa shape index (κ1) is 9.55. The number of anilines is 2. The lowest BCUT2D eigenvalue weighted by atomic mass is 10.2. The van der Waals surface area contributed by atoms with Gasteiger partial charge in [0, 0.05) is 16.0 Å². The second-order valence-electron chi connectivity index (χ2n) is 3.59. The van der Waals surface area contributed by atoms with Gasteiger partial charge < -0.3 is 4.90 Å². The number of rotatable bonds is 1. The summed E-state index contributed by atoms with van der Waals surface area (Å²) in [7, 11) is 0. The molecule has 0 bridgehead atoms. The molecule has 16 heavy (non-hydrogen) atoms. The van der Waals surface area contributed by atoms with E-state index in [1.54, 1.807) is 0 Å². The molecule has 0 aromatic heterocycles. The fourth-order valence-corrected chi connectivity index (χ4v) is 3.00. The van der Waals surface area contributed by atoms with Crippen LogP contribution in [0, 0.1) is 0 Å². The summed E-state index contributed by atoms with van der Waals surface area (Å²) < 4.78 is 0. The van der Waals surface area contributed by atoms with E-state index >= 15 is 0 Å². The van der Waals surface area contributed by atoms with Crippen molar-refractivity contribution in [2.75, 3.05) is 4.90 Å². The van der Waals surface area contributed by atoms with E-state index in [0.717, 1.165) is 0 Å². The first-order valence-corrected chi connectivity index (χ1v) is 5.99. The molecule has 1 aliphatic heterocycles. The average Bonchev–Trinajstić information content (AvgIpc) is 2.36. The van der Waals surface area contributed by atoms with Crippen molar-refractivity contribution in [3.63, 3.8) is 0 Å². The SMILES string of the molecule is C=CN1c2ccccc2Sc2ccccc21. The molecule has 2 heteroatoms. The Hall–Kier alpha value is -1.67. The Morgan fingerprint density at radius 1 is 0.875 bits per heavy atom. The second-order valence-corrected chi connectivity index (χ2v) is 4.67. The largest absolute Gasteiger partial charge is 0.315 e. The highest BCUT2D eigenvalue weighted by Gasteiger charge is 2.20. The minimum atomic E-state index is 1.21. The van der Waals surface area contributed by atoms with Crippen LogP contribution in [-0.2, 0) is 0 Å². The quantitative estimate of drug-likeness (QED) is 0.706. The predicted molar refractivity (Wildman–Crippen MR) is 69.3 cm³/mol. The zero-order valence-corrected chi connectivity index (χ0v) is 9.58. The van der Waals surface area contributed by atoms with Gasteiger partial charge in [0.2, 0.25) is 0 Å². The van der Waals surface area contributed by atoms with Crippen LogP contribution in [0.15, 0.2) is 71.1 Å². The van der Waals surface area contributed by atoms with E-state index in [2.05, 4.69) is 60.0 Å². The fraction of sp³-hybridized carbons (Fsp3) is 0. The summed E-state index contributed by atoms with van der Waals surface area (Å²) in [6, 6.07) is 16.8. The Bertz CT molecular complexity index is 502.